The lowest BCUT2D eigenvalue weighted by Crippen LogP contribution is -2.01. The zero-order valence-electron chi connectivity index (χ0n) is 15.2. The van der Waals surface area contributed by atoms with Gasteiger partial charge in [-0.3, -0.25) is 0 Å². The monoisotopic (exact) mass is 371 g/mol. The molecular weight excluding hydrogens is 354 g/mol. The molecule has 2 heterocycles. The van der Waals surface area contributed by atoms with Crippen molar-refractivity contribution in [3.8, 4) is 11.5 Å². The highest BCUT2D eigenvalue weighted by molar-refractivity contribution is 5.87. The van der Waals surface area contributed by atoms with Crippen molar-refractivity contribution < 1.29 is 13.9 Å². The van der Waals surface area contributed by atoms with E-state index < -0.39 is 5.97 Å². The van der Waals surface area contributed by atoms with Crippen LogP contribution >= 0.6 is 0 Å². The van der Waals surface area contributed by atoms with Crippen molar-refractivity contribution in [2.24, 2.45) is 0 Å². The van der Waals surface area contributed by atoms with Crippen molar-refractivity contribution in [2.75, 3.05) is 0 Å². The summed E-state index contributed by atoms with van der Waals surface area (Å²) in [4.78, 5) is 16.4. The van der Waals surface area contributed by atoms with Crippen molar-refractivity contribution in [1.29, 1.82) is 0 Å². The minimum atomic E-state index is -0.509. The molecule has 2 aromatic heterocycles. The molecule has 0 aliphatic carbocycles. The van der Waals surface area contributed by atoms with Crippen LogP contribution in [0.1, 0.15) is 17.1 Å². The lowest BCUT2D eigenvalue weighted by atomic mass is 10.1. The summed E-state index contributed by atoms with van der Waals surface area (Å²) in [6.07, 6.45) is 2.94. The Balaban J connectivity index is 1.37. The van der Waals surface area contributed by atoms with Gasteiger partial charge in [-0.1, -0.05) is 42.0 Å². The van der Waals surface area contributed by atoms with Crippen LogP contribution in [0, 0.1) is 6.92 Å². The lowest BCUT2D eigenvalue weighted by molar-refractivity contribution is -0.139. The Labute approximate surface area is 161 Å². The average molecular weight is 371 g/mol. The number of rotatable bonds is 5. The first-order valence-corrected chi connectivity index (χ1v) is 8.77. The fourth-order valence-corrected chi connectivity index (χ4v) is 2.72. The second-order valence-electron chi connectivity index (χ2n) is 6.24. The van der Waals surface area contributed by atoms with Gasteiger partial charge < -0.3 is 9.15 Å². The van der Waals surface area contributed by atoms with Crippen molar-refractivity contribution in [2.45, 2.75) is 13.5 Å². The maximum Gasteiger partial charge on any atom is 0.331 e. The molecule has 28 heavy (non-hydrogen) atoms. The first-order valence-electron chi connectivity index (χ1n) is 8.77. The van der Waals surface area contributed by atoms with Crippen LogP contribution in [0.25, 0.3) is 28.4 Å². The van der Waals surface area contributed by atoms with Gasteiger partial charge in [0, 0.05) is 17.0 Å². The molecule has 0 saturated heterocycles. The number of fused-ring (bicyclic) bond motifs is 1. The number of ether oxygens (including phenoxy) is 1. The summed E-state index contributed by atoms with van der Waals surface area (Å²) in [5, 5.41) is 8.95. The van der Waals surface area contributed by atoms with Gasteiger partial charge in [-0.15, -0.1) is 10.2 Å². The Bertz CT molecular complexity index is 1160. The fraction of sp³-hybridized carbons (Fsp3) is 0.0909. The van der Waals surface area contributed by atoms with Gasteiger partial charge >= 0.3 is 5.97 Å². The van der Waals surface area contributed by atoms with E-state index in [0.717, 1.165) is 22.0 Å². The molecule has 138 valence electrons. The van der Waals surface area contributed by atoms with Crippen molar-refractivity contribution in [1.82, 2.24) is 15.2 Å². The topological polar surface area (TPSA) is 78.1 Å². The quantitative estimate of drug-likeness (QED) is 0.383. The zero-order valence-corrected chi connectivity index (χ0v) is 15.2. The Morgan fingerprint density at radius 1 is 1.07 bits per heavy atom. The third kappa shape index (κ3) is 4.12. The first kappa shape index (κ1) is 17.6. The summed E-state index contributed by atoms with van der Waals surface area (Å²) in [5.41, 5.74) is 3.46. The lowest BCUT2D eigenvalue weighted by Gasteiger charge is -1.99. The van der Waals surface area contributed by atoms with Crippen LogP contribution in [-0.2, 0) is 16.1 Å². The number of aryl methyl sites for hydroxylation is 1. The van der Waals surface area contributed by atoms with E-state index in [2.05, 4.69) is 15.2 Å². The van der Waals surface area contributed by atoms with Crippen molar-refractivity contribution in [3.63, 3.8) is 0 Å². The van der Waals surface area contributed by atoms with Crippen LogP contribution in [0.5, 0.6) is 0 Å². The Morgan fingerprint density at radius 2 is 1.96 bits per heavy atom. The van der Waals surface area contributed by atoms with E-state index >= 15 is 0 Å². The predicted molar refractivity (Wildman–Crippen MR) is 105 cm³/mol. The van der Waals surface area contributed by atoms with Gasteiger partial charge in [0.15, 0.2) is 6.61 Å². The van der Waals surface area contributed by atoms with E-state index in [1.165, 1.54) is 6.08 Å². The standard InChI is InChI=1S/C22H17N3O3/c1-15-5-4-7-17(13-15)22-25-24-20(28-22)14-27-21(26)12-11-18-10-9-16-6-2-3-8-19(16)23-18/h2-13H,14H2,1H3/b12-11+. The summed E-state index contributed by atoms with van der Waals surface area (Å²) in [7, 11) is 0. The number of aromatic nitrogens is 3. The zero-order chi connectivity index (χ0) is 19.3. The molecule has 0 aliphatic rings. The highest BCUT2D eigenvalue weighted by atomic mass is 16.5. The summed E-state index contributed by atoms with van der Waals surface area (Å²) in [6.45, 7) is 1.90. The highest BCUT2D eigenvalue weighted by Crippen LogP contribution is 2.19. The number of para-hydroxylation sites is 1. The minimum absolute atomic E-state index is 0.0901. The third-order valence-corrected chi connectivity index (χ3v) is 4.08. The van der Waals surface area contributed by atoms with E-state index in [0.29, 0.717) is 11.6 Å². The summed E-state index contributed by atoms with van der Waals surface area (Å²) < 4.78 is 10.7. The first-order chi connectivity index (χ1) is 13.7. The van der Waals surface area contributed by atoms with Gasteiger partial charge in [-0.05, 0) is 37.3 Å². The minimum Gasteiger partial charge on any atom is -0.452 e. The number of pyridine rings is 1. The Kier molecular flexibility index (Phi) is 4.93. The number of hydrogen-bond acceptors (Lipinski definition) is 6. The number of nitrogens with zero attached hydrogens (tertiary/aromatic N) is 3. The number of esters is 1. The molecule has 0 saturated carbocycles. The molecule has 0 N–H and O–H groups in total. The largest absolute Gasteiger partial charge is 0.452 e. The van der Waals surface area contributed by atoms with Gasteiger partial charge in [0.25, 0.3) is 5.89 Å². The molecule has 0 unspecified atom stereocenters. The molecule has 0 bridgehead atoms. The molecule has 0 radical (unpaired) electrons. The van der Waals surface area contributed by atoms with E-state index in [-0.39, 0.29) is 12.5 Å². The van der Waals surface area contributed by atoms with Gasteiger partial charge in [0.2, 0.25) is 5.89 Å². The molecule has 6 nitrogen and oxygen atoms in total. The molecule has 2 aromatic carbocycles. The summed E-state index contributed by atoms with van der Waals surface area (Å²) >= 11 is 0. The summed E-state index contributed by atoms with van der Waals surface area (Å²) in [5.74, 6) is 0.123. The van der Waals surface area contributed by atoms with Crippen LogP contribution in [0.3, 0.4) is 0 Å². The van der Waals surface area contributed by atoms with Crippen molar-refractivity contribution in [3.05, 3.63) is 83.9 Å². The van der Waals surface area contributed by atoms with E-state index in [1.807, 2.05) is 67.6 Å². The van der Waals surface area contributed by atoms with Crippen LogP contribution in [0.2, 0.25) is 0 Å². The second kappa shape index (κ2) is 7.84. The number of carbonyl (C=O) groups excluding carboxylic acids is 1. The molecule has 4 aromatic rings. The van der Waals surface area contributed by atoms with Crippen LogP contribution < -0.4 is 0 Å². The normalized spacial score (nSPS) is 11.2. The maximum absolute atomic E-state index is 11.9. The average Bonchev–Trinajstić information content (AvgIpc) is 3.20. The smallest absolute Gasteiger partial charge is 0.331 e. The second-order valence-corrected chi connectivity index (χ2v) is 6.24. The fourth-order valence-electron chi connectivity index (χ4n) is 2.72. The SMILES string of the molecule is Cc1cccc(-c2nnc(COC(=O)/C=C/c3ccc4ccccc4n3)o2)c1. The highest BCUT2D eigenvalue weighted by Gasteiger charge is 2.10. The van der Waals surface area contributed by atoms with E-state index in [4.69, 9.17) is 9.15 Å². The molecule has 0 atom stereocenters. The molecule has 0 fully saturated rings. The van der Waals surface area contributed by atoms with E-state index in [1.54, 1.807) is 6.08 Å². The van der Waals surface area contributed by atoms with Crippen LogP contribution in [-0.4, -0.2) is 21.2 Å². The van der Waals surface area contributed by atoms with Gasteiger partial charge in [0.05, 0.1) is 11.2 Å². The van der Waals surface area contributed by atoms with Crippen molar-refractivity contribution >= 4 is 22.9 Å². The number of carbonyl (C=O) groups is 1. The molecular formula is C22H17N3O3. The Hall–Kier alpha value is -3.80. The molecule has 0 spiro atoms. The predicted octanol–water partition coefficient (Wildman–Crippen LogP) is 4.35. The number of benzene rings is 2. The number of hydrogen-bond donors (Lipinski definition) is 0. The maximum atomic E-state index is 11.9. The van der Waals surface area contributed by atoms with Gasteiger partial charge in [0.1, 0.15) is 0 Å². The molecule has 0 amide bonds. The van der Waals surface area contributed by atoms with E-state index in [9.17, 15) is 4.79 Å². The van der Waals surface area contributed by atoms with Gasteiger partial charge in [-0.25, -0.2) is 9.78 Å². The molecule has 0 aliphatic heterocycles. The molecule has 6 heteroatoms. The van der Waals surface area contributed by atoms with Crippen LogP contribution in [0.15, 0.2) is 71.2 Å². The van der Waals surface area contributed by atoms with Gasteiger partial charge in [-0.2, -0.15) is 0 Å². The Morgan fingerprint density at radius 3 is 2.86 bits per heavy atom. The summed E-state index contributed by atoms with van der Waals surface area (Å²) in [6, 6.07) is 19.3. The third-order valence-electron chi connectivity index (χ3n) is 4.08. The molecule has 4 rings (SSSR count). The van der Waals surface area contributed by atoms with Crippen LogP contribution in [0.4, 0.5) is 0 Å².